The molecule has 3 aromatic carbocycles. The van der Waals surface area contributed by atoms with Crippen LogP contribution in [0.15, 0.2) is 72.8 Å². The number of benzene rings is 3. The van der Waals surface area contributed by atoms with Crippen LogP contribution in [-0.4, -0.2) is 82.0 Å². The van der Waals surface area contributed by atoms with Gasteiger partial charge in [-0.15, -0.1) is 10.2 Å². The topological polar surface area (TPSA) is 197 Å². The van der Waals surface area contributed by atoms with E-state index < -0.39 is 29.7 Å². The summed E-state index contributed by atoms with van der Waals surface area (Å²) in [7, 11) is 0. The first-order valence-electron chi connectivity index (χ1n) is 17.2. The summed E-state index contributed by atoms with van der Waals surface area (Å²) >= 11 is 0. The molecule has 0 radical (unpaired) electrons. The number of phenols is 1. The van der Waals surface area contributed by atoms with Crippen molar-refractivity contribution in [2.45, 2.75) is 38.1 Å². The molecule has 0 saturated carbocycles. The molecule has 266 valence electrons. The molecule has 4 heterocycles. The number of anilines is 2. The lowest BCUT2D eigenvalue weighted by Crippen LogP contribution is -2.54. The molecule has 4 aromatic rings. The Bertz CT molecular complexity index is 2060. The van der Waals surface area contributed by atoms with E-state index in [1.165, 1.54) is 0 Å². The third-order valence-corrected chi connectivity index (χ3v) is 9.65. The molecule has 2 saturated heterocycles. The Morgan fingerprint density at radius 1 is 0.962 bits per heavy atom. The fourth-order valence-electron chi connectivity index (χ4n) is 6.83. The maximum atomic E-state index is 13.4. The fourth-order valence-corrected chi connectivity index (χ4v) is 6.83. The Morgan fingerprint density at radius 3 is 2.50 bits per heavy atom. The van der Waals surface area contributed by atoms with Gasteiger partial charge >= 0.3 is 0 Å². The highest BCUT2D eigenvalue weighted by Crippen LogP contribution is 2.37. The van der Waals surface area contributed by atoms with Crippen LogP contribution < -0.4 is 26.0 Å². The maximum Gasteiger partial charge on any atom is 0.264 e. The van der Waals surface area contributed by atoms with Crippen molar-refractivity contribution >= 4 is 41.0 Å². The highest BCUT2D eigenvalue weighted by atomic mass is 16.5. The number of aromatic nitrogens is 2. The number of phenolic OH excluding ortho intramolecular Hbond substituents is 1. The second-order valence-corrected chi connectivity index (χ2v) is 13.1. The van der Waals surface area contributed by atoms with Crippen LogP contribution in [0.5, 0.6) is 11.5 Å². The van der Waals surface area contributed by atoms with Gasteiger partial charge in [-0.25, -0.2) is 0 Å². The number of imide groups is 2. The second-order valence-electron chi connectivity index (χ2n) is 13.1. The number of fused-ring (bicyclic) bond motifs is 1. The SMILES string of the molecule is Nc1nnc(-c2ccccc2O)cc1OCCc1ccc(C(=O)NCCCC2CN(c3cccc4c3C(=O)N(C3CCC(=O)NC3=O)C4=O)C2)cc1. The van der Waals surface area contributed by atoms with E-state index in [4.69, 9.17) is 10.5 Å². The number of hydrogen-bond acceptors (Lipinski definition) is 11. The van der Waals surface area contributed by atoms with Crippen molar-refractivity contribution in [1.29, 1.82) is 0 Å². The number of para-hydroxylation sites is 1. The van der Waals surface area contributed by atoms with Crippen molar-refractivity contribution in [1.82, 2.24) is 25.7 Å². The molecule has 1 atom stereocenters. The van der Waals surface area contributed by atoms with Gasteiger partial charge in [0.15, 0.2) is 11.6 Å². The van der Waals surface area contributed by atoms with Gasteiger partial charge in [-0.1, -0.05) is 30.3 Å². The first-order chi connectivity index (χ1) is 25.2. The smallest absolute Gasteiger partial charge is 0.264 e. The molecule has 2 fully saturated rings. The highest BCUT2D eigenvalue weighted by Gasteiger charge is 2.46. The van der Waals surface area contributed by atoms with Crippen LogP contribution in [0, 0.1) is 5.92 Å². The van der Waals surface area contributed by atoms with Gasteiger partial charge in [-0.3, -0.25) is 34.2 Å². The van der Waals surface area contributed by atoms with E-state index in [1.54, 1.807) is 54.6 Å². The van der Waals surface area contributed by atoms with Gasteiger partial charge in [0.2, 0.25) is 11.8 Å². The fraction of sp³-hybridized carbons (Fsp3) is 0.289. The summed E-state index contributed by atoms with van der Waals surface area (Å²) in [5, 5.41) is 23.4. The number of carbonyl (C=O) groups excluding carboxylic acids is 5. The molecule has 5 amide bonds. The van der Waals surface area contributed by atoms with Crippen molar-refractivity contribution in [3.8, 4) is 22.8 Å². The average molecular weight is 704 g/mol. The van der Waals surface area contributed by atoms with Gasteiger partial charge in [0, 0.05) is 49.7 Å². The Hall–Kier alpha value is -6.31. The van der Waals surface area contributed by atoms with Crippen LogP contribution in [0.4, 0.5) is 11.5 Å². The summed E-state index contributed by atoms with van der Waals surface area (Å²) in [6.07, 6.45) is 2.42. The Labute approximate surface area is 299 Å². The minimum absolute atomic E-state index is 0.0712. The number of nitrogens with zero attached hydrogens (tertiary/aromatic N) is 4. The number of nitrogen functional groups attached to an aromatic ring is 1. The quantitative estimate of drug-likeness (QED) is 0.125. The zero-order chi connectivity index (χ0) is 36.4. The van der Waals surface area contributed by atoms with Crippen molar-refractivity contribution in [3.05, 3.63) is 95.1 Å². The molecule has 1 aromatic heterocycles. The summed E-state index contributed by atoms with van der Waals surface area (Å²) in [6.45, 7) is 2.25. The maximum absolute atomic E-state index is 13.4. The van der Waals surface area contributed by atoms with Crippen molar-refractivity contribution in [2.75, 3.05) is 36.9 Å². The summed E-state index contributed by atoms with van der Waals surface area (Å²) < 4.78 is 5.87. The number of aromatic hydroxyl groups is 1. The Kier molecular flexibility index (Phi) is 9.53. The van der Waals surface area contributed by atoms with Crippen molar-refractivity contribution < 1.29 is 33.8 Å². The number of nitrogens with two attached hydrogens (primary N) is 1. The third kappa shape index (κ3) is 6.87. The Balaban J connectivity index is 0.840. The normalized spacial score (nSPS) is 17.1. The molecular formula is C38H37N7O7. The Morgan fingerprint density at radius 2 is 1.73 bits per heavy atom. The number of carbonyl (C=O) groups is 5. The molecule has 3 aliphatic heterocycles. The van der Waals surface area contributed by atoms with E-state index >= 15 is 0 Å². The number of amides is 5. The number of piperidine rings is 1. The van der Waals surface area contributed by atoms with Crippen LogP contribution >= 0.6 is 0 Å². The predicted molar refractivity (Wildman–Crippen MR) is 190 cm³/mol. The second kappa shape index (κ2) is 14.5. The number of rotatable bonds is 12. The highest BCUT2D eigenvalue weighted by molar-refractivity contribution is 6.25. The van der Waals surface area contributed by atoms with E-state index in [2.05, 4.69) is 25.7 Å². The largest absolute Gasteiger partial charge is 0.507 e. The molecule has 0 bridgehead atoms. The van der Waals surface area contributed by atoms with Gasteiger partial charge < -0.3 is 25.8 Å². The molecule has 5 N–H and O–H groups in total. The van der Waals surface area contributed by atoms with Crippen molar-refractivity contribution in [3.63, 3.8) is 0 Å². The minimum Gasteiger partial charge on any atom is -0.507 e. The lowest BCUT2D eigenvalue weighted by atomic mass is 9.92. The lowest BCUT2D eigenvalue weighted by molar-refractivity contribution is -0.136. The van der Waals surface area contributed by atoms with Gasteiger partial charge in [-0.2, -0.15) is 0 Å². The summed E-state index contributed by atoms with van der Waals surface area (Å²) in [6, 6.07) is 19.9. The molecule has 7 rings (SSSR count). The molecule has 14 heteroatoms. The van der Waals surface area contributed by atoms with E-state index in [0.717, 1.165) is 23.3 Å². The number of ether oxygens (including phenoxy) is 1. The van der Waals surface area contributed by atoms with E-state index in [-0.39, 0.29) is 35.9 Å². The minimum atomic E-state index is -1.00. The van der Waals surface area contributed by atoms with Crippen LogP contribution in [-0.2, 0) is 16.0 Å². The summed E-state index contributed by atoms with van der Waals surface area (Å²) in [4.78, 5) is 66.4. The van der Waals surface area contributed by atoms with Crippen LogP contribution in [0.3, 0.4) is 0 Å². The average Bonchev–Trinajstić information content (AvgIpc) is 3.37. The molecule has 3 aliphatic rings. The van der Waals surface area contributed by atoms with Gasteiger partial charge in [0.25, 0.3) is 17.7 Å². The van der Waals surface area contributed by atoms with Gasteiger partial charge in [0.1, 0.15) is 17.5 Å². The lowest BCUT2D eigenvalue weighted by Gasteiger charge is -2.42. The van der Waals surface area contributed by atoms with Crippen LogP contribution in [0.1, 0.15) is 62.3 Å². The number of nitrogens with one attached hydrogen (secondary N) is 2. The summed E-state index contributed by atoms with van der Waals surface area (Å²) in [5.41, 5.74) is 9.70. The van der Waals surface area contributed by atoms with E-state index in [1.807, 2.05) is 18.2 Å². The van der Waals surface area contributed by atoms with E-state index in [0.29, 0.717) is 72.4 Å². The monoisotopic (exact) mass is 703 g/mol. The molecule has 14 nitrogen and oxygen atoms in total. The zero-order valence-electron chi connectivity index (χ0n) is 28.2. The first kappa shape index (κ1) is 34.2. The zero-order valence-corrected chi connectivity index (χ0v) is 28.2. The first-order valence-corrected chi connectivity index (χ1v) is 17.2. The van der Waals surface area contributed by atoms with Gasteiger partial charge in [0.05, 0.1) is 23.4 Å². The van der Waals surface area contributed by atoms with Crippen LogP contribution in [0.2, 0.25) is 0 Å². The standard InChI is InChI=1S/C38H37N7O7/c39-34-31(19-27(42-43-34)25-6-1-2-9-30(25)46)52-18-16-22-10-12-24(13-11-22)35(48)40-17-4-5-23-20-44(21-23)28-8-3-7-26-33(28)38(51)45(37(26)50)29-14-15-32(47)41-36(29)49/h1-3,6-13,19,23,29,46H,4-5,14-18,20-21H2,(H2,39,43)(H,40,48)(H,41,47,49). The van der Waals surface area contributed by atoms with Crippen molar-refractivity contribution in [2.24, 2.45) is 5.92 Å². The predicted octanol–water partition coefficient (Wildman–Crippen LogP) is 3.10. The van der Waals surface area contributed by atoms with E-state index in [9.17, 15) is 29.1 Å². The van der Waals surface area contributed by atoms with Gasteiger partial charge in [-0.05, 0) is 67.1 Å². The third-order valence-electron chi connectivity index (χ3n) is 9.65. The molecular weight excluding hydrogens is 666 g/mol. The van der Waals surface area contributed by atoms with Crippen LogP contribution in [0.25, 0.3) is 11.3 Å². The molecule has 0 spiro atoms. The summed E-state index contributed by atoms with van der Waals surface area (Å²) in [5.74, 6) is -1.26. The molecule has 1 unspecified atom stereocenters. The molecule has 0 aliphatic carbocycles. The number of hydrogen-bond donors (Lipinski definition) is 4. The molecule has 52 heavy (non-hydrogen) atoms.